The van der Waals surface area contributed by atoms with E-state index in [1.165, 1.54) is 37.4 Å². The van der Waals surface area contributed by atoms with Crippen LogP contribution in [0, 0.1) is 10.1 Å². The van der Waals surface area contributed by atoms with E-state index in [0.29, 0.717) is 0 Å². The number of carbonyl (C=O) groups is 2. The van der Waals surface area contributed by atoms with Crippen LogP contribution in [0.4, 0.5) is 20.2 Å². The van der Waals surface area contributed by atoms with E-state index in [1.807, 2.05) is 0 Å². The molecule has 0 atom stereocenters. The standard InChI is InChI=1S/C17H14F2N2O7/c1-26-10-6-7-12(13(8-10)21(24)25)20-15(22)9-27-16(23)11-4-2-3-5-14(11)28-17(18)19/h2-8,17H,9H2,1H3,(H,20,22). The van der Waals surface area contributed by atoms with Crippen molar-refractivity contribution in [1.82, 2.24) is 0 Å². The number of halogens is 2. The predicted octanol–water partition coefficient (Wildman–Crippen LogP) is 3.00. The van der Waals surface area contributed by atoms with Gasteiger partial charge < -0.3 is 19.5 Å². The van der Waals surface area contributed by atoms with E-state index in [2.05, 4.69) is 10.1 Å². The Morgan fingerprint density at radius 2 is 1.93 bits per heavy atom. The minimum Gasteiger partial charge on any atom is -0.496 e. The van der Waals surface area contributed by atoms with Crippen molar-refractivity contribution < 1.29 is 37.5 Å². The maximum absolute atomic E-state index is 12.4. The van der Waals surface area contributed by atoms with E-state index in [1.54, 1.807) is 0 Å². The van der Waals surface area contributed by atoms with E-state index in [-0.39, 0.29) is 17.0 Å². The molecule has 11 heteroatoms. The van der Waals surface area contributed by atoms with Crippen molar-refractivity contribution in [1.29, 1.82) is 0 Å². The molecule has 0 bridgehead atoms. The number of anilines is 1. The number of hydrogen-bond donors (Lipinski definition) is 1. The molecule has 1 N–H and O–H groups in total. The van der Waals surface area contributed by atoms with Crippen molar-refractivity contribution >= 4 is 23.3 Å². The van der Waals surface area contributed by atoms with Crippen molar-refractivity contribution in [2.45, 2.75) is 6.61 Å². The number of esters is 1. The van der Waals surface area contributed by atoms with Gasteiger partial charge in [-0.1, -0.05) is 12.1 Å². The van der Waals surface area contributed by atoms with Crippen molar-refractivity contribution in [3.8, 4) is 11.5 Å². The van der Waals surface area contributed by atoms with Gasteiger partial charge in [0.2, 0.25) is 0 Å². The maximum atomic E-state index is 12.4. The van der Waals surface area contributed by atoms with E-state index in [0.717, 1.165) is 12.1 Å². The average Bonchev–Trinajstić information content (AvgIpc) is 2.66. The molecule has 0 unspecified atom stereocenters. The number of amides is 1. The van der Waals surface area contributed by atoms with Crippen LogP contribution in [-0.2, 0) is 9.53 Å². The molecule has 9 nitrogen and oxygen atoms in total. The smallest absolute Gasteiger partial charge is 0.387 e. The number of benzene rings is 2. The SMILES string of the molecule is COc1ccc(NC(=O)COC(=O)c2ccccc2OC(F)F)c([N+](=O)[O-])c1. The summed E-state index contributed by atoms with van der Waals surface area (Å²) < 4.78 is 38.6. The third-order valence-corrected chi connectivity index (χ3v) is 3.33. The van der Waals surface area contributed by atoms with Crippen LogP contribution >= 0.6 is 0 Å². The third kappa shape index (κ3) is 5.37. The van der Waals surface area contributed by atoms with Crippen LogP contribution in [0.2, 0.25) is 0 Å². The van der Waals surface area contributed by atoms with Gasteiger partial charge in [0.15, 0.2) is 6.61 Å². The first kappa shape index (κ1) is 20.6. The van der Waals surface area contributed by atoms with Crippen LogP contribution in [0.1, 0.15) is 10.4 Å². The summed E-state index contributed by atoms with van der Waals surface area (Å²) in [5, 5.41) is 13.3. The Morgan fingerprint density at radius 3 is 2.57 bits per heavy atom. The quantitative estimate of drug-likeness (QED) is 0.414. The highest BCUT2D eigenvalue weighted by Gasteiger charge is 2.20. The van der Waals surface area contributed by atoms with Crippen LogP contribution in [0.25, 0.3) is 0 Å². The summed E-state index contributed by atoms with van der Waals surface area (Å²) >= 11 is 0. The molecule has 0 fully saturated rings. The molecule has 0 radical (unpaired) electrons. The lowest BCUT2D eigenvalue weighted by atomic mass is 10.2. The first-order chi connectivity index (χ1) is 13.3. The summed E-state index contributed by atoms with van der Waals surface area (Å²) in [5.74, 6) is -2.13. The van der Waals surface area contributed by atoms with Crippen molar-refractivity contribution in [2.75, 3.05) is 19.0 Å². The Balaban J connectivity index is 2.04. The summed E-state index contributed by atoms with van der Waals surface area (Å²) in [4.78, 5) is 34.3. The number of nitrogens with one attached hydrogen (secondary N) is 1. The molecule has 1 amide bonds. The molecule has 0 aliphatic heterocycles. The number of carbonyl (C=O) groups excluding carboxylic acids is 2. The highest BCUT2D eigenvalue weighted by molar-refractivity contribution is 5.97. The predicted molar refractivity (Wildman–Crippen MR) is 91.6 cm³/mol. The van der Waals surface area contributed by atoms with Gasteiger partial charge in [-0.2, -0.15) is 8.78 Å². The highest BCUT2D eigenvalue weighted by Crippen LogP contribution is 2.29. The first-order valence-electron chi connectivity index (χ1n) is 7.65. The molecule has 0 saturated heterocycles. The lowest BCUT2D eigenvalue weighted by Crippen LogP contribution is -2.22. The van der Waals surface area contributed by atoms with Gasteiger partial charge in [0.1, 0.15) is 22.7 Å². The first-order valence-corrected chi connectivity index (χ1v) is 7.65. The molecule has 0 saturated carbocycles. The molecular formula is C17H14F2N2O7. The van der Waals surface area contributed by atoms with Gasteiger partial charge in [0.25, 0.3) is 11.6 Å². The fraction of sp³-hybridized carbons (Fsp3) is 0.176. The minimum absolute atomic E-state index is 0.131. The second-order valence-electron chi connectivity index (χ2n) is 5.14. The molecule has 0 spiro atoms. The molecule has 0 aromatic heterocycles. The number of para-hydroxylation sites is 1. The lowest BCUT2D eigenvalue weighted by Gasteiger charge is -2.11. The largest absolute Gasteiger partial charge is 0.496 e. The molecular weight excluding hydrogens is 382 g/mol. The average molecular weight is 396 g/mol. The topological polar surface area (TPSA) is 117 Å². The Labute approximate surface area is 157 Å². The number of rotatable bonds is 8. The zero-order valence-corrected chi connectivity index (χ0v) is 14.4. The van der Waals surface area contributed by atoms with Crippen LogP contribution < -0.4 is 14.8 Å². The molecule has 148 valence electrons. The van der Waals surface area contributed by atoms with Gasteiger partial charge in [0.05, 0.1) is 18.1 Å². The van der Waals surface area contributed by atoms with Gasteiger partial charge >= 0.3 is 12.6 Å². The molecule has 0 aliphatic carbocycles. The second kappa shape index (κ2) is 9.26. The highest BCUT2D eigenvalue weighted by atomic mass is 19.3. The fourth-order valence-corrected chi connectivity index (χ4v) is 2.12. The van der Waals surface area contributed by atoms with Crippen molar-refractivity contribution in [3.63, 3.8) is 0 Å². The minimum atomic E-state index is -3.15. The maximum Gasteiger partial charge on any atom is 0.387 e. The van der Waals surface area contributed by atoms with E-state index in [4.69, 9.17) is 9.47 Å². The Hall–Kier alpha value is -3.76. The lowest BCUT2D eigenvalue weighted by molar-refractivity contribution is -0.384. The molecule has 0 aliphatic rings. The fourth-order valence-electron chi connectivity index (χ4n) is 2.12. The molecule has 0 heterocycles. The number of nitro groups is 1. The molecule has 2 aromatic carbocycles. The van der Waals surface area contributed by atoms with Crippen LogP contribution in [-0.4, -0.2) is 37.1 Å². The summed E-state index contributed by atoms with van der Waals surface area (Å²) in [6.45, 7) is -3.95. The molecule has 2 rings (SSSR count). The van der Waals surface area contributed by atoms with Crippen LogP contribution in [0.15, 0.2) is 42.5 Å². The van der Waals surface area contributed by atoms with Gasteiger partial charge in [0, 0.05) is 0 Å². The zero-order valence-electron chi connectivity index (χ0n) is 14.4. The molecule has 2 aromatic rings. The number of alkyl halides is 2. The van der Waals surface area contributed by atoms with Gasteiger partial charge in [-0.3, -0.25) is 14.9 Å². The van der Waals surface area contributed by atoms with Gasteiger partial charge in [-0.25, -0.2) is 4.79 Å². The summed E-state index contributed by atoms with van der Waals surface area (Å²) in [6.07, 6.45) is 0. The normalized spacial score (nSPS) is 10.3. The van der Waals surface area contributed by atoms with E-state index in [9.17, 15) is 28.5 Å². The second-order valence-corrected chi connectivity index (χ2v) is 5.14. The summed E-state index contributed by atoms with van der Waals surface area (Å²) in [5.41, 5.74) is -0.853. The number of ether oxygens (including phenoxy) is 3. The Morgan fingerprint density at radius 1 is 1.21 bits per heavy atom. The van der Waals surface area contributed by atoms with E-state index < -0.39 is 41.5 Å². The summed E-state index contributed by atoms with van der Waals surface area (Å²) in [6, 6.07) is 8.87. The number of nitrogens with zero attached hydrogens (tertiary/aromatic N) is 1. The Kier molecular flexibility index (Phi) is 6.79. The third-order valence-electron chi connectivity index (χ3n) is 3.33. The molecule has 28 heavy (non-hydrogen) atoms. The number of methoxy groups -OCH3 is 1. The number of hydrogen-bond acceptors (Lipinski definition) is 7. The van der Waals surface area contributed by atoms with Gasteiger partial charge in [-0.15, -0.1) is 0 Å². The summed E-state index contributed by atoms with van der Waals surface area (Å²) in [7, 11) is 1.33. The number of nitro benzene ring substituents is 1. The van der Waals surface area contributed by atoms with Crippen LogP contribution in [0.5, 0.6) is 11.5 Å². The zero-order chi connectivity index (χ0) is 20.7. The van der Waals surface area contributed by atoms with Gasteiger partial charge in [-0.05, 0) is 24.3 Å². The van der Waals surface area contributed by atoms with E-state index >= 15 is 0 Å². The van der Waals surface area contributed by atoms with Crippen LogP contribution in [0.3, 0.4) is 0 Å². The van der Waals surface area contributed by atoms with Crippen molar-refractivity contribution in [3.05, 3.63) is 58.1 Å². The van der Waals surface area contributed by atoms with Crippen molar-refractivity contribution in [2.24, 2.45) is 0 Å². The monoisotopic (exact) mass is 396 g/mol. The Bertz CT molecular complexity index is 890.